The fourth-order valence-corrected chi connectivity index (χ4v) is 5.77. The maximum absolute atomic E-state index is 13.0. The number of urea groups is 1. The first kappa shape index (κ1) is 16.1. The summed E-state index contributed by atoms with van der Waals surface area (Å²) in [5, 5.41) is 0. The molecule has 0 spiro atoms. The van der Waals surface area contributed by atoms with Gasteiger partial charge in [-0.3, -0.25) is 0 Å². The van der Waals surface area contributed by atoms with Crippen LogP contribution in [0.3, 0.4) is 0 Å². The number of carbonyl (C=O) groups is 1. The predicted octanol–water partition coefficient (Wildman–Crippen LogP) is 2.29. The van der Waals surface area contributed by atoms with Crippen molar-refractivity contribution >= 4 is 15.9 Å². The summed E-state index contributed by atoms with van der Waals surface area (Å²) in [5.41, 5.74) is 2.03. The van der Waals surface area contributed by atoms with E-state index in [1.807, 2.05) is 60.7 Å². The Bertz CT molecular complexity index is 803. The van der Waals surface area contributed by atoms with E-state index in [4.69, 9.17) is 0 Å². The van der Waals surface area contributed by atoms with E-state index in [1.165, 1.54) is 0 Å². The molecule has 2 amide bonds. The number of fused-ring (bicyclic) bond motifs is 1. The van der Waals surface area contributed by atoms with Gasteiger partial charge in [-0.1, -0.05) is 60.7 Å². The number of carbonyl (C=O) groups excluding carboxylic acids is 1. The van der Waals surface area contributed by atoms with Gasteiger partial charge in [0.2, 0.25) is 0 Å². The molecule has 2 saturated heterocycles. The maximum Gasteiger partial charge on any atom is 0.321 e. The zero-order valence-corrected chi connectivity index (χ0v) is 14.6. The van der Waals surface area contributed by atoms with Crippen LogP contribution in [-0.4, -0.2) is 47.8 Å². The molecule has 2 atom stereocenters. The minimum atomic E-state index is -3.11. The highest BCUT2D eigenvalue weighted by Gasteiger charge is 2.53. The van der Waals surface area contributed by atoms with Gasteiger partial charge in [0.1, 0.15) is 0 Å². The largest absolute Gasteiger partial charge is 0.321 e. The van der Waals surface area contributed by atoms with Crippen molar-refractivity contribution in [1.29, 1.82) is 0 Å². The van der Waals surface area contributed by atoms with Gasteiger partial charge in [-0.25, -0.2) is 13.2 Å². The monoisotopic (exact) mass is 356 g/mol. The summed E-state index contributed by atoms with van der Waals surface area (Å²) in [6, 6.07) is 18.8. The lowest BCUT2D eigenvalue weighted by molar-refractivity contribution is 0.182. The third-order valence-electron chi connectivity index (χ3n) is 4.98. The number of nitrogens with zero attached hydrogens (tertiary/aromatic N) is 2. The SMILES string of the molecule is O=C1N(Cc2ccccc2)[C@@H]2CS(=O)(=O)C[C@@H]2N1Cc1ccccc1. The highest BCUT2D eigenvalue weighted by atomic mass is 32.2. The minimum absolute atomic E-state index is 0.0571. The Labute approximate surface area is 147 Å². The number of amides is 2. The molecule has 130 valence electrons. The third-order valence-corrected chi connectivity index (χ3v) is 6.68. The summed E-state index contributed by atoms with van der Waals surface area (Å²) in [6.07, 6.45) is 0. The predicted molar refractivity (Wildman–Crippen MR) is 95.6 cm³/mol. The molecule has 5 nitrogen and oxygen atoms in total. The first-order valence-electron chi connectivity index (χ1n) is 8.39. The van der Waals surface area contributed by atoms with E-state index in [1.54, 1.807) is 9.80 Å². The minimum Gasteiger partial charge on any atom is -0.314 e. The van der Waals surface area contributed by atoms with Crippen molar-refractivity contribution in [2.75, 3.05) is 11.5 Å². The maximum atomic E-state index is 13.0. The molecule has 0 aliphatic carbocycles. The quantitative estimate of drug-likeness (QED) is 0.790. The van der Waals surface area contributed by atoms with Crippen LogP contribution in [0.2, 0.25) is 0 Å². The van der Waals surface area contributed by atoms with Crippen molar-refractivity contribution < 1.29 is 13.2 Å². The van der Waals surface area contributed by atoms with Crippen LogP contribution < -0.4 is 0 Å². The number of rotatable bonds is 4. The molecule has 0 saturated carbocycles. The van der Waals surface area contributed by atoms with Crippen LogP contribution >= 0.6 is 0 Å². The molecule has 4 rings (SSSR count). The van der Waals surface area contributed by atoms with E-state index >= 15 is 0 Å². The van der Waals surface area contributed by atoms with Gasteiger partial charge in [-0.2, -0.15) is 0 Å². The van der Waals surface area contributed by atoms with Crippen molar-refractivity contribution in [1.82, 2.24) is 9.80 Å². The van der Waals surface area contributed by atoms with Crippen molar-refractivity contribution in [3.8, 4) is 0 Å². The number of hydrogen-bond acceptors (Lipinski definition) is 3. The molecule has 2 aromatic rings. The van der Waals surface area contributed by atoms with Crippen LogP contribution in [0.1, 0.15) is 11.1 Å². The molecule has 25 heavy (non-hydrogen) atoms. The molecule has 0 unspecified atom stereocenters. The zero-order valence-electron chi connectivity index (χ0n) is 13.8. The second-order valence-electron chi connectivity index (χ2n) is 6.72. The van der Waals surface area contributed by atoms with Crippen molar-refractivity contribution in [2.45, 2.75) is 25.2 Å². The second-order valence-corrected chi connectivity index (χ2v) is 8.87. The Morgan fingerprint density at radius 2 is 1.16 bits per heavy atom. The van der Waals surface area contributed by atoms with Crippen LogP contribution in [0.5, 0.6) is 0 Å². The molecule has 0 N–H and O–H groups in total. The standard InChI is InChI=1S/C19H20N2O3S/c22-19-20(11-15-7-3-1-4-8-15)17-13-25(23,24)14-18(17)21(19)12-16-9-5-2-6-10-16/h1-10,17-18H,11-14H2/t17-,18+. The van der Waals surface area contributed by atoms with E-state index in [-0.39, 0.29) is 29.6 Å². The molecule has 0 bridgehead atoms. The van der Waals surface area contributed by atoms with E-state index in [0.717, 1.165) is 11.1 Å². The lowest BCUT2D eigenvalue weighted by Gasteiger charge is -2.22. The Morgan fingerprint density at radius 1 is 0.760 bits per heavy atom. The molecule has 2 aromatic carbocycles. The number of benzene rings is 2. The van der Waals surface area contributed by atoms with Crippen molar-refractivity contribution in [3.05, 3.63) is 71.8 Å². The molecule has 0 aromatic heterocycles. The van der Waals surface area contributed by atoms with Gasteiger partial charge in [0.15, 0.2) is 9.84 Å². The zero-order chi connectivity index (χ0) is 17.4. The van der Waals surface area contributed by atoms with E-state index < -0.39 is 9.84 Å². The summed E-state index contributed by atoms with van der Waals surface area (Å²) >= 11 is 0. The van der Waals surface area contributed by atoms with Crippen LogP contribution in [0, 0.1) is 0 Å². The van der Waals surface area contributed by atoms with Gasteiger partial charge >= 0.3 is 6.03 Å². The highest BCUT2D eigenvalue weighted by molar-refractivity contribution is 7.91. The smallest absolute Gasteiger partial charge is 0.314 e. The topological polar surface area (TPSA) is 57.7 Å². The normalized spacial score (nSPS) is 24.6. The molecular weight excluding hydrogens is 336 g/mol. The Kier molecular flexibility index (Phi) is 4.00. The molecule has 0 radical (unpaired) electrons. The molecule has 2 aliphatic heterocycles. The number of hydrogen-bond donors (Lipinski definition) is 0. The van der Waals surface area contributed by atoms with Crippen molar-refractivity contribution in [2.24, 2.45) is 0 Å². The fraction of sp³-hybridized carbons (Fsp3) is 0.316. The van der Waals surface area contributed by atoms with Gasteiger partial charge in [0, 0.05) is 13.1 Å². The average molecular weight is 356 g/mol. The highest BCUT2D eigenvalue weighted by Crippen LogP contribution is 2.33. The average Bonchev–Trinajstić information content (AvgIpc) is 3.03. The van der Waals surface area contributed by atoms with Gasteiger partial charge in [0.05, 0.1) is 23.6 Å². The Morgan fingerprint density at radius 3 is 1.56 bits per heavy atom. The van der Waals surface area contributed by atoms with Gasteiger partial charge in [-0.15, -0.1) is 0 Å². The van der Waals surface area contributed by atoms with Crippen LogP contribution in [0.4, 0.5) is 4.79 Å². The summed E-state index contributed by atoms with van der Waals surface area (Å²) in [7, 11) is -3.11. The van der Waals surface area contributed by atoms with Crippen LogP contribution in [0.25, 0.3) is 0 Å². The summed E-state index contributed by atoms with van der Waals surface area (Å²) in [4.78, 5) is 16.5. The van der Waals surface area contributed by atoms with Crippen molar-refractivity contribution in [3.63, 3.8) is 0 Å². The Hall–Kier alpha value is -2.34. The fourth-order valence-electron chi connectivity index (χ4n) is 3.78. The molecule has 2 aliphatic rings. The van der Waals surface area contributed by atoms with Gasteiger partial charge in [0.25, 0.3) is 0 Å². The lowest BCUT2D eigenvalue weighted by Crippen LogP contribution is -2.37. The summed E-state index contributed by atoms with van der Waals surface area (Å²) < 4.78 is 24.4. The van der Waals surface area contributed by atoms with E-state index in [9.17, 15) is 13.2 Å². The molecule has 2 heterocycles. The molecule has 6 heteroatoms. The first-order valence-corrected chi connectivity index (χ1v) is 10.2. The van der Waals surface area contributed by atoms with Crippen LogP contribution in [0.15, 0.2) is 60.7 Å². The third kappa shape index (κ3) is 3.14. The number of sulfone groups is 1. The van der Waals surface area contributed by atoms with Crippen LogP contribution in [-0.2, 0) is 22.9 Å². The van der Waals surface area contributed by atoms with E-state index in [2.05, 4.69) is 0 Å². The van der Waals surface area contributed by atoms with Gasteiger partial charge < -0.3 is 9.80 Å². The second kappa shape index (κ2) is 6.19. The molecular formula is C19H20N2O3S. The lowest BCUT2D eigenvalue weighted by atomic mass is 10.1. The molecule has 2 fully saturated rings. The summed E-state index contributed by atoms with van der Waals surface area (Å²) in [5.74, 6) is 0.114. The van der Waals surface area contributed by atoms with E-state index in [0.29, 0.717) is 13.1 Å². The Balaban J connectivity index is 1.63. The van der Waals surface area contributed by atoms with Gasteiger partial charge in [-0.05, 0) is 11.1 Å². The summed E-state index contributed by atoms with van der Waals surface area (Å²) in [6.45, 7) is 0.892. The first-order chi connectivity index (χ1) is 12.0.